The number of rotatable bonds is 2. The molecule has 90 valence electrons. The summed E-state index contributed by atoms with van der Waals surface area (Å²) in [6, 6.07) is 8.78. The van der Waals surface area contributed by atoms with Gasteiger partial charge in [0.1, 0.15) is 5.75 Å². The van der Waals surface area contributed by atoms with Crippen molar-refractivity contribution < 1.29 is 10.2 Å². The van der Waals surface area contributed by atoms with Gasteiger partial charge in [-0.15, -0.1) is 0 Å². The Morgan fingerprint density at radius 3 is 2.24 bits per heavy atom. The quantitative estimate of drug-likeness (QED) is 0.822. The van der Waals surface area contributed by atoms with E-state index in [1.54, 1.807) is 24.3 Å². The van der Waals surface area contributed by atoms with Crippen LogP contribution in [-0.2, 0) is 0 Å². The molecule has 0 unspecified atom stereocenters. The van der Waals surface area contributed by atoms with Crippen molar-refractivity contribution in [2.75, 3.05) is 0 Å². The third kappa shape index (κ3) is 2.42. The van der Waals surface area contributed by atoms with E-state index in [9.17, 15) is 15.5 Å². The van der Waals surface area contributed by atoms with Crippen molar-refractivity contribution in [1.29, 1.82) is 5.26 Å². The highest BCUT2D eigenvalue weighted by Gasteiger charge is 2.38. The first kappa shape index (κ1) is 11.9. The lowest BCUT2D eigenvalue weighted by atomic mass is 9.73. The van der Waals surface area contributed by atoms with Gasteiger partial charge < -0.3 is 10.2 Å². The lowest BCUT2D eigenvalue weighted by molar-refractivity contribution is -0.00715. The summed E-state index contributed by atoms with van der Waals surface area (Å²) in [5.41, 5.74) is -0.112. The van der Waals surface area contributed by atoms with Crippen molar-refractivity contribution in [3.05, 3.63) is 29.8 Å². The number of benzene rings is 1. The average molecular weight is 231 g/mol. The summed E-state index contributed by atoms with van der Waals surface area (Å²) in [7, 11) is 0. The van der Waals surface area contributed by atoms with Crippen LogP contribution in [0.25, 0.3) is 0 Å². The van der Waals surface area contributed by atoms with E-state index in [1.807, 2.05) is 0 Å². The number of nitriles is 1. The predicted octanol–water partition coefficient (Wildman–Crippen LogP) is 2.69. The smallest absolute Gasteiger partial charge is 0.115 e. The number of aromatic hydroxyl groups is 1. The molecule has 2 N–H and O–H groups in total. The van der Waals surface area contributed by atoms with Crippen molar-refractivity contribution in [3.8, 4) is 11.8 Å². The van der Waals surface area contributed by atoms with Gasteiger partial charge in [0.05, 0.1) is 17.6 Å². The molecule has 1 saturated carbocycles. The van der Waals surface area contributed by atoms with Crippen LogP contribution in [0.4, 0.5) is 0 Å². The highest BCUT2D eigenvalue weighted by atomic mass is 16.3. The normalized spacial score (nSPS) is 20.5. The monoisotopic (exact) mass is 231 g/mol. The second-order valence-corrected chi connectivity index (χ2v) is 4.82. The van der Waals surface area contributed by atoms with Crippen LogP contribution in [0, 0.1) is 11.3 Å². The number of aliphatic hydroxyl groups is 1. The van der Waals surface area contributed by atoms with Crippen LogP contribution in [-0.4, -0.2) is 15.8 Å². The van der Waals surface area contributed by atoms with Crippen molar-refractivity contribution in [2.45, 2.75) is 43.6 Å². The molecule has 0 saturated heterocycles. The molecule has 1 aromatic rings. The first-order valence-electron chi connectivity index (χ1n) is 6.07. The van der Waals surface area contributed by atoms with Gasteiger partial charge in [-0.05, 0) is 30.5 Å². The van der Waals surface area contributed by atoms with Crippen molar-refractivity contribution in [3.63, 3.8) is 0 Å². The maximum atomic E-state index is 10.6. The Morgan fingerprint density at radius 1 is 1.12 bits per heavy atom. The molecule has 2 rings (SSSR count). The van der Waals surface area contributed by atoms with Gasteiger partial charge in [0.25, 0.3) is 0 Å². The second kappa shape index (κ2) is 4.77. The molecule has 0 radical (unpaired) electrons. The Hall–Kier alpha value is -1.53. The van der Waals surface area contributed by atoms with Crippen LogP contribution in [0.5, 0.6) is 5.75 Å². The molecule has 0 aromatic heterocycles. The second-order valence-electron chi connectivity index (χ2n) is 4.82. The van der Waals surface area contributed by atoms with E-state index >= 15 is 0 Å². The van der Waals surface area contributed by atoms with Gasteiger partial charge in [0.15, 0.2) is 0 Å². The van der Waals surface area contributed by atoms with Crippen molar-refractivity contribution >= 4 is 0 Å². The van der Waals surface area contributed by atoms with Gasteiger partial charge in [0.2, 0.25) is 0 Å². The maximum absolute atomic E-state index is 10.6. The minimum absolute atomic E-state index is 0.182. The van der Waals surface area contributed by atoms with E-state index in [0.717, 1.165) is 24.8 Å². The van der Waals surface area contributed by atoms with E-state index in [4.69, 9.17) is 0 Å². The molecule has 0 spiro atoms. The molecule has 1 atom stereocenters. The molecule has 17 heavy (non-hydrogen) atoms. The van der Waals surface area contributed by atoms with Crippen molar-refractivity contribution in [2.24, 2.45) is 0 Å². The standard InChI is InChI=1S/C14H17NO2/c15-10-13(11-4-6-12(16)7-5-11)14(17)8-2-1-3-9-14/h4-7,13,16-17H,1-3,8-9H2/t13-/m0/s1. The Bertz CT molecular complexity index is 413. The average Bonchev–Trinajstić information content (AvgIpc) is 2.33. The number of phenols is 1. The summed E-state index contributed by atoms with van der Waals surface area (Å²) in [6.07, 6.45) is 4.47. The molecular formula is C14H17NO2. The number of phenolic OH excluding ortho intramolecular Hbond substituents is 1. The zero-order valence-electron chi connectivity index (χ0n) is 9.76. The fraction of sp³-hybridized carbons (Fsp3) is 0.500. The number of hydrogen-bond acceptors (Lipinski definition) is 3. The van der Waals surface area contributed by atoms with E-state index < -0.39 is 11.5 Å². The minimum atomic E-state index is -0.899. The van der Waals surface area contributed by atoms with E-state index in [0.29, 0.717) is 12.8 Å². The number of nitrogens with zero attached hydrogens (tertiary/aromatic N) is 1. The fourth-order valence-electron chi connectivity index (χ4n) is 2.62. The highest BCUT2D eigenvalue weighted by molar-refractivity contribution is 5.33. The fourth-order valence-corrected chi connectivity index (χ4v) is 2.62. The molecule has 3 nitrogen and oxygen atoms in total. The molecule has 1 aliphatic rings. The minimum Gasteiger partial charge on any atom is -0.508 e. The van der Waals surface area contributed by atoms with Gasteiger partial charge in [0, 0.05) is 0 Å². The summed E-state index contributed by atoms with van der Waals surface area (Å²) in [6.45, 7) is 0. The number of hydrogen-bond donors (Lipinski definition) is 2. The van der Waals surface area contributed by atoms with Gasteiger partial charge in [-0.2, -0.15) is 5.26 Å². The maximum Gasteiger partial charge on any atom is 0.115 e. The van der Waals surface area contributed by atoms with Crippen LogP contribution in [0.15, 0.2) is 24.3 Å². The third-order valence-electron chi connectivity index (χ3n) is 3.61. The van der Waals surface area contributed by atoms with Crippen LogP contribution in [0.2, 0.25) is 0 Å². The SMILES string of the molecule is N#C[C@@H](c1ccc(O)cc1)C1(O)CCCCC1. The van der Waals surface area contributed by atoms with E-state index in [-0.39, 0.29) is 5.75 Å². The summed E-state index contributed by atoms with van der Waals surface area (Å²) >= 11 is 0. The first-order valence-corrected chi connectivity index (χ1v) is 6.07. The van der Waals surface area contributed by atoms with E-state index in [2.05, 4.69) is 6.07 Å². The highest BCUT2D eigenvalue weighted by Crippen LogP contribution is 2.39. The lowest BCUT2D eigenvalue weighted by Gasteiger charge is -2.36. The topological polar surface area (TPSA) is 64.2 Å². The molecule has 1 aromatic carbocycles. The van der Waals surface area contributed by atoms with E-state index in [1.165, 1.54) is 0 Å². The molecule has 0 aliphatic heterocycles. The zero-order chi connectivity index (χ0) is 12.3. The Labute approximate surface area is 101 Å². The summed E-state index contributed by atoms with van der Waals surface area (Å²) in [5.74, 6) is -0.315. The molecule has 0 amide bonds. The summed E-state index contributed by atoms with van der Waals surface area (Å²) in [5, 5.41) is 29.1. The first-order chi connectivity index (χ1) is 8.15. The summed E-state index contributed by atoms with van der Waals surface area (Å²) in [4.78, 5) is 0. The molecule has 0 heterocycles. The molecule has 3 heteroatoms. The molecular weight excluding hydrogens is 214 g/mol. The Morgan fingerprint density at radius 2 is 1.71 bits per heavy atom. The van der Waals surface area contributed by atoms with Crippen LogP contribution in [0.3, 0.4) is 0 Å². The summed E-state index contributed by atoms with van der Waals surface area (Å²) < 4.78 is 0. The van der Waals surface area contributed by atoms with Gasteiger partial charge in [-0.25, -0.2) is 0 Å². The van der Waals surface area contributed by atoms with Crippen LogP contribution >= 0.6 is 0 Å². The largest absolute Gasteiger partial charge is 0.508 e. The zero-order valence-corrected chi connectivity index (χ0v) is 9.76. The molecule has 1 fully saturated rings. The molecule has 1 aliphatic carbocycles. The third-order valence-corrected chi connectivity index (χ3v) is 3.61. The molecule has 0 bridgehead atoms. The van der Waals surface area contributed by atoms with Gasteiger partial charge >= 0.3 is 0 Å². The predicted molar refractivity (Wildman–Crippen MR) is 64.5 cm³/mol. The lowest BCUT2D eigenvalue weighted by Crippen LogP contribution is -2.37. The van der Waals surface area contributed by atoms with Crippen LogP contribution in [0.1, 0.15) is 43.6 Å². The Balaban J connectivity index is 2.27. The Kier molecular flexibility index (Phi) is 3.35. The van der Waals surface area contributed by atoms with Gasteiger partial charge in [-0.3, -0.25) is 0 Å². The van der Waals surface area contributed by atoms with Crippen molar-refractivity contribution in [1.82, 2.24) is 0 Å². The van der Waals surface area contributed by atoms with Gasteiger partial charge in [-0.1, -0.05) is 31.4 Å². The van der Waals surface area contributed by atoms with Crippen LogP contribution < -0.4 is 0 Å².